The fourth-order valence-corrected chi connectivity index (χ4v) is 0.682. The van der Waals surface area contributed by atoms with Crippen LogP contribution in [-0.2, 0) is 0 Å². The minimum absolute atomic E-state index is 0.723. The number of nitrogens with zero attached hydrogens (tertiary/aromatic N) is 1. The van der Waals surface area contributed by atoms with Gasteiger partial charge in [0.15, 0.2) is 0 Å². The first-order chi connectivity index (χ1) is 4.41. The predicted molar refractivity (Wildman–Crippen MR) is 39.3 cm³/mol. The van der Waals surface area contributed by atoms with Crippen LogP contribution in [0.2, 0.25) is 0 Å². The zero-order valence-electron chi connectivity index (χ0n) is 5.31. The van der Waals surface area contributed by atoms with E-state index in [0.29, 0.717) is 0 Å². The average molecular weight is 144 g/mol. The van der Waals surface area contributed by atoms with Crippen LogP contribution in [-0.4, -0.2) is 5.88 Å². The van der Waals surface area contributed by atoms with Crippen molar-refractivity contribution in [2.75, 3.05) is 5.88 Å². The Morgan fingerprint density at radius 1 is 1.44 bits per heavy atom. The second kappa shape index (κ2) is 7.52. The molecular weight excluding hydrogens is 134 g/mol. The summed E-state index contributed by atoms with van der Waals surface area (Å²) < 4.78 is 0. The van der Waals surface area contributed by atoms with E-state index >= 15 is 0 Å². The molecule has 0 heterocycles. The van der Waals surface area contributed by atoms with Crippen LogP contribution in [0.25, 0.3) is 0 Å². The van der Waals surface area contributed by atoms with Gasteiger partial charge in [-0.1, -0.05) is 6.08 Å². The molecule has 0 fully saturated rings. The summed E-state index contributed by atoms with van der Waals surface area (Å²) in [4.78, 5) is 0. The molecule has 0 amide bonds. The number of unbranched alkanes of at least 4 members (excludes halogenated alkanes) is 2. The maximum atomic E-state index is 8.06. The highest BCUT2D eigenvalue weighted by Crippen LogP contribution is 1.97. The van der Waals surface area contributed by atoms with Crippen LogP contribution in [0.1, 0.15) is 19.3 Å². The Hall–Kier alpha value is -0.480. The van der Waals surface area contributed by atoms with Gasteiger partial charge in [0.1, 0.15) is 0 Å². The lowest BCUT2D eigenvalue weighted by Gasteiger charge is -1.87. The van der Waals surface area contributed by atoms with E-state index in [1.807, 2.05) is 12.1 Å². The van der Waals surface area contributed by atoms with Crippen molar-refractivity contribution in [3.05, 3.63) is 12.2 Å². The summed E-state index contributed by atoms with van der Waals surface area (Å²) in [5.41, 5.74) is 0. The van der Waals surface area contributed by atoms with Crippen LogP contribution < -0.4 is 0 Å². The standard InChI is InChI=1S/C7H10ClN/c8-6-4-2-1-3-5-7-9/h3,5H,1-2,4,6H2/b5-3+. The molecule has 0 spiro atoms. The summed E-state index contributed by atoms with van der Waals surface area (Å²) in [6.07, 6.45) is 6.47. The molecule has 2 heteroatoms. The van der Waals surface area contributed by atoms with E-state index in [-0.39, 0.29) is 0 Å². The molecule has 0 N–H and O–H groups in total. The maximum Gasteiger partial charge on any atom is 0.0908 e. The highest BCUT2D eigenvalue weighted by Gasteiger charge is 1.80. The van der Waals surface area contributed by atoms with Crippen molar-refractivity contribution in [3.63, 3.8) is 0 Å². The number of nitriles is 1. The van der Waals surface area contributed by atoms with Crippen LogP contribution in [0.4, 0.5) is 0 Å². The third-order valence-corrected chi connectivity index (χ3v) is 1.21. The quantitative estimate of drug-likeness (QED) is 0.337. The second-order valence-corrected chi connectivity index (χ2v) is 2.09. The van der Waals surface area contributed by atoms with Crippen molar-refractivity contribution < 1.29 is 0 Å². The monoisotopic (exact) mass is 143 g/mol. The van der Waals surface area contributed by atoms with Crippen LogP contribution in [0.15, 0.2) is 12.2 Å². The molecule has 0 aliphatic rings. The van der Waals surface area contributed by atoms with Crippen molar-refractivity contribution in [2.45, 2.75) is 19.3 Å². The minimum Gasteiger partial charge on any atom is -0.193 e. The van der Waals surface area contributed by atoms with Crippen molar-refractivity contribution in [3.8, 4) is 6.07 Å². The average Bonchev–Trinajstić information content (AvgIpc) is 1.89. The number of hydrogen-bond acceptors (Lipinski definition) is 1. The summed E-state index contributed by atoms with van der Waals surface area (Å²) in [6, 6.07) is 1.93. The first kappa shape index (κ1) is 8.52. The van der Waals surface area contributed by atoms with Gasteiger partial charge in [-0.25, -0.2) is 0 Å². The Balaban J connectivity index is 2.93. The third-order valence-electron chi connectivity index (χ3n) is 0.947. The molecule has 0 atom stereocenters. The van der Waals surface area contributed by atoms with E-state index in [2.05, 4.69) is 0 Å². The molecule has 9 heavy (non-hydrogen) atoms. The Morgan fingerprint density at radius 2 is 2.22 bits per heavy atom. The SMILES string of the molecule is N#C/C=C/CCCCCl. The largest absolute Gasteiger partial charge is 0.193 e. The first-order valence-corrected chi connectivity index (χ1v) is 3.56. The number of allylic oxidation sites excluding steroid dienone is 2. The van der Waals surface area contributed by atoms with Crippen LogP contribution in [0.5, 0.6) is 0 Å². The smallest absolute Gasteiger partial charge is 0.0908 e. The van der Waals surface area contributed by atoms with Gasteiger partial charge in [-0.15, -0.1) is 11.6 Å². The molecule has 0 bridgehead atoms. The maximum absolute atomic E-state index is 8.06. The van der Waals surface area contributed by atoms with E-state index in [1.54, 1.807) is 0 Å². The lowest BCUT2D eigenvalue weighted by atomic mass is 10.2. The number of alkyl halides is 1. The van der Waals surface area contributed by atoms with Gasteiger partial charge in [0.05, 0.1) is 6.07 Å². The summed E-state index contributed by atoms with van der Waals surface area (Å²) in [5, 5.41) is 8.06. The van der Waals surface area contributed by atoms with Gasteiger partial charge >= 0.3 is 0 Å². The third kappa shape index (κ3) is 7.52. The summed E-state index contributed by atoms with van der Waals surface area (Å²) in [5.74, 6) is 0.723. The van der Waals surface area contributed by atoms with Crippen molar-refractivity contribution >= 4 is 11.6 Å². The van der Waals surface area contributed by atoms with Crippen LogP contribution in [0.3, 0.4) is 0 Å². The van der Waals surface area contributed by atoms with Gasteiger partial charge < -0.3 is 0 Å². The molecular formula is C7H10ClN. The van der Waals surface area contributed by atoms with E-state index in [1.165, 1.54) is 6.08 Å². The zero-order chi connectivity index (χ0) is 6.95. The molecule has 0 aliphatic carbocycles. The predicted octanol–water partition coefficient (Wildman–Crippen LogP) is 2.48. The van der Waals surface area contributed by atoms with E-state index in [9.17, 15) is 0 Å². The highest BCUT2D eigenvalue weighted by molar-refractivity contribution is 6.17. The molecule has 0 aromatic heterocycles. The fraction of sp³-hybridized carbons (Fsp3) is 0.571. The highest BCUT2D eigenvalue weighted by atomic mass is 35.5. The Bertz CT molecular complexity index is 113. The molecule has 50 valence electrons. The van der Waals surface area contributed by atoms with Gasteiger partial charge in [-0.2, -0.15) is 5.26 Å². The Morgan fingerprint density at radius 3 is 2.78 bits per heavy atom. The van der Waals surface area contributed by atoms with Crippen LogP contribution in [0, 0.1) is 11.3 Å². The fourth-order valence-electron chi connectivity index (χ4n) is 0.493. The molecule has 0 aromatic rings. The van der Waals surface area contributed by atoms with E-state index in [0.717, 1.165) is 25.1 Å². The Kier molecular flexibility index (Phi) is 7.12. The van der Waals surface area contributed by atoms with Gasteiger partial charge in [0, 0.05) is 12.0 Å². The van der Waals surface area contributed by atoms with Crippen molar-refractivity contribution in [1.29, 1.82) is 5.26 Å². The molecule has 0 unspecified atom stereocenters. The van der Waals surface area contributed by atoms with Gasteiger partial charge in [0.25, 0.3) is 0 Å². The van der Waals surface area contributed by atoms with Crippen molar-refractivity contribution in [2.24, 2.45) is 0 Å². The topological polar surface area (TPSA) is 23.8 Å². The molecule has 0 radical (unpaired) electrons. The lowest BCUT2D eigenvalue weighted by Crippen LogP contribution is -1.73. The van der Waals surface area contributed by atoms with Crippen molar-refractivity contribution in [1.82, 2.24) is 0 Å². The van der Waals surface area contributed by atoms with E-state index in [4.69, 9.17) is 16.9 Å². The van der Waals surface area contributed by atoms with Gasteiger partial charge in [-0.05, 0) is 19.3 Å². The molecule has 0 rings (SSSR count). The van der Waals surface area contributed by atoms with Gasteiger partial charge in [0.2, 0.25) is 0 Å². The van der Waals surface area contributed by atoms with E-state index < -0.39 is 0 Å². The Labute approximate surface area is 60.9 Å². The number of halogens is 1. The summed E-state index contributed by atoms with van der Waals surface area (Å²) in [6.45, 7) is 0. The number of hydrogen-bond donors (Lipinski definition) is 0. The molecule has 0 saturated carbocycles. The summed E-state index contributed by atoms with van der Waals surface area (Å²) >= 11 is 5.43. The first-order valence-electron chi connectivity index (χ1n) is 3.02. The number of rotatable bonds is 4. The van der Waals surface area contributed by atoms with Crippen LogP contribution >= 0.6 is 11.6 Å². The zero-order valence-corrected chi connectivity index (χ0v) is 6.06. The molecule has 0 aliphatic heterocycles. The second-order valence-electron chi connectivity index (χ2n) is 1.72. The normalized spacial score (nSPS) is 9.78. The molecule has 0 aromatic carbocycles. The lowest BCUT2D eigenvalue weighted by molar-refractivity contribution is 0.820. The molecule has 1 nitrogen and oxygen atoms in total. The minimum atomic E-state index is 0.723. The van der Waals surface area contributed by atoms with Gasteiger partial charge in [-0.3, -0.25) is 0 Å². The summed E-state index contributed by atoms with van der Waals surface area (Å²) in [7, 11) is 0. The molecule has 0 saturated heterocycles.